The summed E-state index contributed by atoms with van der Waals surface area (Å²) in [5, 5.41) is 9.33. The first-order chi connectivity index (χ1) is 10.5. The Labute approximate surface area is 132 Å². The zero-order chi connectivity index (χ0) is 16.5. The zero-order valence-electron chi connectivity index (χ0n) is 14.1. The second kappa shape index (κ2) is 9.27. The highest BCUT2D eigenvalue weighted by Gasteiger charge is 2.25. The Kier molecular flexibility index (Phi) is 7.70. The zero-order valence-corrected chi connectivity index (χ0v) is 14.1. The van der Waals surface area contributed by atoms with Crippen molar-refractivity contribution in [2.75, 3.05) is 33.2 Å². The van der Waals surface area contributed by atoms with Crippen LogP contribution in [0, 0.1) is 5.92 Å². The number of guanidine groups is 1. The molecule has 0 aromatic carbocycles. The SMILES string of the molecule is CCC(=O)N1CCC(NC(=NC)NCCNC(=O)C(C)C)C1. The number of nitrogens with one attached hydrogen (secondary N) is 3. The molecule has 0 saturated carbocycles. The van der Waals surface area contributed by atoms with E-state index in [0.29, 0.717) is 25.5 Å². The lowest BCUT2D eigenvalue weighted by molar-refractivity contribution is -0.129. The molecule has 1 atom stereocenters. The van der Waals surface area contributed by atoms with Crippen molar-refractivity contribution in [2.45, 2.75) is 39.7 Å². The van der Waals surface area contributed by atoms with Crippen molar-refractivity contribution in [2.24, 2.45) is 10.9 Å². The van der Waals surface area contributed by atoms with Gasteiger partial charge in [0.2, 0.25) is 11.8 Å². The molecule has 7 nitrogen and oxygen atoms in total. The van der Waals surface area contributed by atoms with E-state index in [2.05, 4.69) is 20.9 Å². The van der Waals surface area contributed by atoms with E-state index in [1.165, 1.54) is 0 Å². The second-order valence-electron chi connectivity index (χ2n) is 5.77. The van der Waals surface area contributed by atoms with Crippen LogP contribution in [-0.2, 0) is 9.59 Å². The Balaban J connectivity index is 2.26. The van der Waals surface area contributed by atoms with Gasteiger partial charge < -0.3 is 20.9 Å². The van der Waals surface area contributed by atoms with Crippen LogP contribution in [0.3, 0.4) is 0 Å². The Morgan fingerprint density at radius 1 is 1.27 bits per heavy atom. The van der Waals surface area contributed by atoms with Gasteiger partial charge in [-0.15, -0.1) is 0 Å². The highest BCUT2D eigenvalue weighted by Crippen LogP contribution is 2.10. The van der Waals surface area contributed by atoms with Crippen molar-refractivity contribution >= 4 is 17.8 Å². The monoisotopic (exact) mass is 311 g/mol. The summed E-state index contributed by atoms with van der Waals surface area (Å²) >= 11 is 0. The molecule has 1 saturated heterocycles. The molecule has 22 heavy (non-hydrogen) atoms. The van der Waals surface area contributed by atoms with E-state index < -0.39 is 0 Å². The number of hydrogen-bond donors (Lipinski definition) is 3. The van der Waals surface area contributed by atoms with Crippen molar-refractivity contribution in [3.8, 4) is 0 Å². The van der Waals surface area contributed by atoms with Gasteiger partial charge in [0.1, 0.15) is 0 Å². The van der Waals surface area contributed by atoms with Crippen LogP contribution in [0.25, 0.3) is 0 Å². The molecule has 0 aliphatic carbocycles. The summed E-state index contributed by atoms with van der Waals surface area (Å²) in [5.74, 6) is 0.950. The number of carbonyl (C=O) groups excluding carboxylic acids is 2. The summed E-state index contributed by atoms with van der Waals surface area (Å²) in [5.41, 5.74) is 0. The summed E-state index contributed by atoms with van der Waals surface area (Å²) in [7, 11) is 1.71. The van der Waals surface area contributed by atoms with Crippen LogP contribution in [0.2, 0.25) is 0 Å². The third kappa shape index (κ3) is 5.91. The van der Waals surface area contributed by atoms with Crippen LogP contribution in [0.1, 0.15) is 33.6 Å². The smallest absolute Gasteiger partial charge is 0.222 e. The van der Waals surface area contributed by atoms with Gasteiger partial charge in [0, 0.05) is 51.6 Å². The van der Waals surface area contributed by atoms with Crippen LogP contribution in [0.4, 0.5) is 0 Å². The number of aliphatic imine (C=N–C) groups is 1. The lowest BCUT2D eigenvalue weighted by Crippen LogP contribution is -2.47. The predicted molar refractivity (Wildman–Crippen MR) is 87.6 cm³/mol. The molecule has 0 aromatic rings. The maximum absolute atomic E-state index is 11.7. The number of nitrogens with zero attached hydrogens (tertiary/aromatic N) is 2. The molecule has 0 radical (unpaired) electrons. The van der Waals surface area contributed by atoms with Crippen LogP contribution in [0.15, 0.2) is 4.99 Å². The van der Waals surface area contributed by atoms with E-state index in [9.17, 15) is 9.59 Å². The number of likely N-dealkylation sites (tertiary alicyclic amines) is 1. The number of carbonyl (C=O) groups is 2. The standard InChI is InChI=1S/C15H29N5O2/c1-5-13(21)20-9-6-12(10-20)19-15(16-4)18-8-7-17-14(22)11(2)3/h11-12H,5-10H2,1-4H3,(H,17,22)(H2,16,18,19). The number of rotatable bonds is 6. The van der Waals surface area contributed by atoms with Crippen LogP contribution >= 0.6 is 0 Å². The van der Waals surface area contributed by atoms with Crippen LogP contribution in [0.5, 0.6) is 0 Å². The van der Waals surface area contributed by atoms with E-state index in [0.717, 1.165) is 19.5 Å². The highest BCUT2D eigenvalue weighted by atomic mass is 16.2. The molecule has 1 aliphatic heterocycles. The average Bonchev–Trinajstić information content (AvgIpc) is 2.97. The first-order valence-electron chi connectivity index (χ1n) is 8.00. The van der Waals surface area contributed by atoms with E-state index in [4.69, 9.17) is 0 Å². The summed E-state index contributed by atoms with van der Waals surface area (Å²) < 4.78 is 0. The van der Waals surface area contributed by atoms with Crippen molar-refractivity contribution in [1.82, 2.24) is 20.9 Å². The molecule has 7 heteroatoms. The number of hydrogen-bond acceptors (Lipinski definition) is 3. The van der Waals surface area contributed by atoms with Gasteiger partial charge in [-0.05, 0) is 6.42 Å². The van der Waals surface area contributed by atoms with Gasteiger partial charge >= 0.3 is 0 Å². The summed E-state index contributed by atoms with van der Waals surface area (Å²) in [4.78, 5) is 29.2. The quantitative estimate of drug-likeness (QED) is 0.364. The molecule has 1 rings (SSSR count). The maximum atomic E-state index is 11.7. The fourth-order valence-electron chi connectivity index (χ4n) is 2.29. The molecule has 2 amide bonds. The molecule has 3 N–H and O–H groups in total. The van der Waals surface area contributed by atoms with Crippen LogP contribution in [-0.4, -0.2) is 61.9 Å². The fraction of sp³-hybridized carbons (Fsp3) is 0.800. The van der Waals surface area contributed by atoms with Crippen molar-refractivity contribution < 1.29 is 9.59 Å². The molecular weight excluding hydrogens is 282 g/mol. The van der Waals surface area contributed by atoms with E-state index >= 15 is 0 Å². The third-order valence-electron chi connectivity index (χ3n) is 3.65. The minimum absolute atomic E-state index is 0.00184. The van der Waals surface area contributed by atoms with Crippen LogP contribution < -0.4 is 16.0 Å². The average molecular weight is 311 g/mol. The second-order valence-corrected chi connectivity index (χ2v) is 5.77. The molecule has 0 aromatic heterocycles. The van der Waals surface area contributed by atoms with E-state index in [1.807, 2.05) is 25.7 Å². The Morgan fingerprint density at radius 3 is 2.55 bits per heavy atom. The Bertz CT molecular complexity index is 409. The molecule has 1 aliphatic rings. The first-order valence-corrected chi connectivity index (χ1v) is 8.00. The maximum Gasteiger partial charge on any atom is 0.222 e. The molecule has 0 spiro atoms. The molecule has 1 heterocycles. The molecule has 1 fully saturated rings. The molecular formula is C15H29N5O2. The largest absolute Gasteiger partial charge is 0.355 e. The van der Waals surface area contributed by atoms with Gasteiger partial charge in [0.15, 0.2) is 5.96 Å². The van der Waals surface area contributed by atoms with Crippen molar-refractivity contribution in [3.63, 3.8) is 0 Å². The van der Waals surface area contributed by atoms with Gasteiger partial charge in [0.05, 0.1) is 0 Å². The van der Waals surface area contributed by atoms with Gasteiger partial charge in [0.25, 0.3) is 0 Å². The lowest BCUT2D eigenvalue weighted by atomic mass is 10.2. The Morgan fingerprint density at radius 2 is 1.95 bits per heavy atom. The van der Waals surface area contributed by atoms with Gasteiger partial charge in [-0.3, -0.25) is 14.6 Å². The highest BCUT2D eigenvalue weighted by molar-refractivity contribution is 5.81. The minimum atomic E-state index is -0.00184. The van der Waals surface area contributed by atoms with E-state index in [-0.39, 0.29) is 23.8 Å². The fourth-order valence-corrected chi connectivity index (χ4v) is 2.29. The Hall–Kier alpha value is -1.79. The summed E-state index contributed by atoms with van der Waals surface area (Å²) in [6.45, 7) is 8.31. The van der Waals surface area contributed by atoms with Gasteiger partial charge in [-0.2, -0.15) is 0 Å². The lowest BCUT2D eigenvalue weighted by Gasteiger charge is -2.19. The molecule has 126 valence electrons. The molecule has 0 bridgehead atoms. The van der Waals surface area contributed by atoms with E-state index in [1.54, 1.807) is 7.05 Å². The van der Waals surface area contributed by atoms with Gasteiger partial charge in [-0.25, -0.2) is 0 Å². The third-order valence-corrected chi connectivity index (χ3v) is 3.65. The topological polar surface area (TPSA) is 85.8 Å². The minimum Gasteiger partial charge on any atom is -0.355 e. The molecule has 1 unspecified atom stereocenters. The normalized spacial score (nSPS) is 18.5. The van der Waals surface area contributed by atoms with Crippen molar-refractivity contribution in [3.05, 3.63) is 0 Å². The summed E-state index contributed by atoms with van der Waals surface area (Å²) in [6, 6.07) is 0.229. The summed E-state index contributed by atoms with van der Waals surface area (Å²) in [6.07, 6.45) is 1.48. The first kappa shape index (κ1) is 18.3. The van der Waals surface area contributed by atoms with Crippen molar-refractivity contribution in [1.29, 1.82) is 0 Å². The van der Waals surface area contributed by atoms with Gasteiger partial charge in [-0.1, -0.05) is 20.8 Å². The number of amides is 2. The predicted octanol–water partition coefficient (Wildman–Crippen LogP) is -0.0655.